The number of amides is 1. The SMILES string of the molecule is COC(=O)c1ccccc1.NC(=O)C=Cc1cccnc1. The second-order valence-electron chi connectivity index (χ2n) is 3.88. The third kappa shape index (κ3) is 6.68. The molecule has 1 aromatic heterocycles. The number of aromatic nitrogens is 1. The van der Waals surface area contributed by atoms with Crippen molar-refractivity contribution < 1.29 is 14.3 Å². The largest absolute Gasteiger partial charge is 0.465 e. The standard InChI is InChI=1S/C8H8N2O.C8H8O2/c9-8(11)4-3-7-2-1-5-10-6-7;1-10-8(9)7-5-3-2-4-6-7/h1-6H,(H2,9,11);2-6H,1H3. The number of nitrogens with zero attached hydrogens (tertiary/aromatic N) is 1. The van der Waals surface area contributed by atoms with Gasteiger partial charge in [-0.2, -0.15) is 0 Å². The monoisotopic (exact) mass is 284 g/mol. The molecule has 0 spiro atoms. The van der Waals surface area contributed by atoms with Gasteiger partial charge in [0.15, 0.2) is 0 Å². The second kappa shape index (κ2) is 9.03. The van der Waals surface area contributed by atoms with E-state index in [0.717, 1.165) is 5.56 Å². The summed E-state index contributed by atoms with van der Waals surface area (Å²) in [6.07, 6.45) is 6.24. The molecule has 0 atom stereocenters. The number of ether oxygens (including phenoxy) is 1. The molecule has 5 nitrogen and oxygen atoms in total. The number of nitrogens with two attached hydrogens (primary N) is 1. The summed E-state index contributed by atoms with van der Waals surface area (Å²) in [5.74, 6) is -0.741. The van der Waals surface area contributed by atoms with E-state index in [4.69, 9.17) is 5.73 Å². The normalized spacial score (nSPS) is 9.57. The molecular weight excluding hydrogens is 268 g/mol. The lowest BCUT2D eigenvalue weighted by molar-refractivity contribution is -0.113. The minimum Gasteiger partial charge on any atom is -0.465 e. The molecule has 108 valence electrons. The van der Waals surface area contributed by atoms with Crippen LogP contribution in [0, 0.1) is 0 Å². The Labute approximate surface area is 123 Å². The van der Waals surface area contributed by atoms with E-state index in [2.05, 4.69) is 9.72 Å². The smallest absolute Gasteiger partial charge is 0.337 e. The van der Waals surface area contributed by atoms with Crippen LogP contribution in [0.2, 0.25) is 0 Å². The molecule has 0 aliphatic carbocycles. The van der Waals surface area contributed by atoms with E-state index in [0.29, 0.717) is 5.56 Å². The van der Waals surface area contributed by atoms with Gasteiger partial charge in [0.2, 0.25) is 5.91 Å². The molecule has 0 aliphatic heterocycles. The van der Waals surface area contributed by atoms with Crippen LogP contribution >= 0.6 is 0 Å². The van der Waals surface area contributed by atoms with Gasteiger partial charge in [-0.1, -0.05) is 24.3 Å². The molecule has 0 bridgehead atoms. The molecule has 0 unspecified atom stereocenters. The first-order chi connectivity index (χ1) is 10.1. The Morgan fingerprint density at radius 2 is 1.86 bits per heavy atom. The fraction of sp³-hybridized carbons (Fsp3) is 0.0625. The van der Waals surface area contributed by atoms with Crippen molar-refractivity contribution in [1.82, 2.24) is 4.98 Å². The highest BCUT2D eigenvalue weighted by molar-refractivity contribution is 5.90. The fourth-order valence-corrected chi connectivity index (χ4v) is 1.35. The number of carbonyl (C=O) groups is 2. The fourth-order valence-electron chi connectivity index (χ4n) is 1.35. The van der Waals surface area contributed by atoms with E-state index in [1.54, 1.807) is 48.8 Å². The summed E-state index contributed by atoms with van der Waals surface area (Å²) < 4.78 is 4.50. The van der Waals surface area contributed by atoms with Gasteiger partial charge in [-0.25, -0.2) is 4.79 Å². The van der Waals surface area contributed by atoms with E-state index in [-0.39, 0.29) is 5.97 Å². The second-order valence-corrected chi connectivity index (χ2v) is 3.88. The molecule has 0 fully saturated rings. The van der Waals surface area contributed by atoms with E-state index in [1.807, 2.05) is 12.1 Å². The molecule has 21 heavy (non-hydrogen) atoms. The molecular formula is C16H16N2O3. The van der Waals surface area contributed by atoms with Gasteiger partial charge >= 0.3 is 5.97 Å². The summed E-state index contributed by atoms with van der Waals surface area (Å²) in [6.45, 7) is 0. The topological polar surface area (TPSA) is 82.3 Å². The van der Waals surface area contributed by atoms with Gasteiger partial charge in [-0.3, -0.25) is 9.78 Å². The van der Waals surface area contributed by atoms with Gasteiger partial charge in [0.1, 0.15) is 0 Å². The quantitative estimate of drug-likeness (QED) is 0.690. The lowest BCUT2D eigenvalue weighted by atomic mass is 10.2. The van der Waals surface area contributed by atoms with Crippen LogP contribution in [0.5, 0.6) is 0 Å². The van der Waals surface area contributed by atoms with Crippen molar-refractivity contribution in [2.75, 3.05) is 7.11 Å². The molecule has 1 aromatic carbocycles. The van der Waals surface area contributed by atoms with Gasteiger partial charge in [0.25, 0.3) is 0 Å². The van der Waals surface area contributed by atoms with Crippen LogP contribution in [0.25, 0.3) is 6.08 Å². The van der Waals surface area contributed by atoms with Gasteiger partial charge < -0.3 is 10.5 Å². The van der Waals surface area contributed by atoms with Gasteiger partial charge in [-0.05, 0) is 29.8 Å². The summed E-state index contributed by atoms with van der Waals surface area (Å²) in [5.41, 5.74) is 6.35. The average molecular weight is 284 g/mol. The van der Waals surface area contributed by atoms with E-state index in [9.17, 15) is 9.59 Å². The van der Waals surface area contributed by atoms with Crippen LogP contribution in [-0.4, -0.2) is 24.0 Å². The number of primary amides is 1. The predicted octanol–water partition coefficient (Wildman–Crippen LogP) is 2.05. The first-order valence-corrected chi connectivity index (χ1v) is 6.14. The average Bonchev–Trinajstić information content (AvgIpc) is 2.54. The highest BCUT2D eigenvalue weighted by Gasteiger charge is 2.00. The number of methoxy groups -OCH3 is 1. The Kier molecular flexibility index (Phi) is 6.93. The summed E-state index contributed by atoms with van der Waals surface area (Å²) >= 11 is 0. The minimum atomic E-state index is -0.450. The van der Waals surface area contributed by atoms with Crippen molar-refractivity contribution in [3.05, 3.63) is 72.1 Å². The van der Waals surface area contributed by atoms with Gasteiger partial charge in [0.05, 0.1) is 12.7 Å². The maximum absolute atomic E-state index is 10.8. The first kappa shape index (κ1) is 16.1. The van der Waals surface area contributed by atoms with Crippen molar-refractivity contribution in [3.63, 3.8) is 0 Å². The van der Waals surface area contributed by atoms with Crippen LogP contribution in [0.15, 0.2) is 60.9 Å². The summed E-state index contributed by atoms with van der Waals surface area (Å²) in [7, 11) is 1.37. The van der Waals surface area contributed by atoms with E-state index >= 15 is 0 Å². The summed E-state index contributed by atoms with van der Waals surface area (Å²) in [5, 5.41) is 0. The number of carbonyl (C=O) groups excluding carboxylic acids is 2. The Hall–Kier alpha value is -2.95. The molecule has 0 saturated heterocycles. The maximum Gasteiger partial charge on any atom is 0.337 e. The zero-order valence-corrected chi connectivity index (χ0v) is 11.6. The third-order valence-electron chi connectivity index (χ3n) is 2.32. The number of hydrogen-bond acceptors (Lipinski definition) is 4. The van der Waals surface area contributed by atoms with Crippen LogP contribution in [0.1, 0.15) is 15.9 Å². The Balaban J connectivity index is 0.000000211. The van der Waals surface area contributed by atoms with Crippen molar-refractivity contribution in [2.24, 2.45) is 5.73 Å². The molecule has 1 heterocycles. The molecule has 5 heteroatoms. The lowest BCUT2D eigenvalue weighted by Gasteiger charge is -1.95. The minimum absolute atomic E-state index is 0.291. The van der Waals surface area contributed by atoms with Gasteiger partial charge in [-0.15, -0.1) is 0 Å². The Bertz CT molecular complexity index is 595. The highest BCUT2D eigenvalue weighted by atomic mass is 16.5. The molecule has 2 rings (SSSR count). The number of benzene rings is 1. The molecule has 0 aliphatic rings. The van der Waals surface area contributed by atoms with Crippen molar-refractivity contribution in [3.8, 4) is 0 Å². The van der Waals surface area contributed by atoms with E-state index in [1.165, 1.54) is 13.2 Å². The van der Waals surface area contributed by atoms with Crippen LogP contribution in [0.4, 0.5) is 0 Å². The molecule has 2 aromatic rings. The number of esters is 1. The predicted molar refractivity (Wildman–Crippen MR) is 80.2 cm³/mol. The molecule has 1 amide bonds. The van der Waals surface area contributed by atoms with Crippen LogP contribution < -0.4 is 5.73 Å². The van der Waals surface area contributed by atoms with Gasteiger partial charge in [0, 0.05) is 18.5 Å². The van der Waals surface area contributed by atoms with Crippen LogP contribution in [-0.2, 0) is 9.53 Å². The molecule has 2 N–H and O–H groups in total. The Morgan fingerprint density at radius 1 is 1.14 bits per heavy atom. The first-order valence-electron chi connectivity index (χ1n) is 6.14. The van der Waals surface area contributed by atoms with Crippen LogP contribution in [0.3, 0.4) is 0 Å². The summed E-state index contributed by atoms with van der Waals surface area (Å²) in [6, 6.07) is 12.5. The van der Waals surface area contributed by atoms with Crippen molar-refractivity contribution in [2.45, 2.75) is 0 Å². The number of rotatable bonds is 3. The zero-order valence-electron chi connectivity index (χ0n) is 11.6. The number of hydrogen-bond donors (Lipinski definition) is 1. The number of pyridine rings is 1. The van der Waals surface area contributed by atoms with Crippen molar-refractivity contribution in [1.29, 1.82) is 0 Å². The molecule has 0 saturated carbocycles. The maximum atomic E-state index is 10.8. The lowest BCUT2D eigenvalue weighted by Crippen LogP contribution is -2.05. The Morgan fingerprint density at radius 3 is 2.38 bits per heavy atom. The highest BCUT2D eigenvalue weighted by Crippen LogP contribution is 1.99. The summed E-state index contributed by atoms with van der Waals surface area (Å²) in [4.78, 5) is 24.9. The van der Waals surface area contributed by atoms with E-state index < -0.39 is 5.91 Å². The van der Waals surface area contributed by atoms with Crippen molar-refractivity contribution >= 4 is 18.0 Å². The zero-order chi connectivity index (χ0) is 15.5. The molecule has 0 radical (unpaired) electrons. The third-order valence-corrected chi connectivity index (χ3v) is 2.32.